The van der Waals surface area contributed by atoms with Gasteiger partial charge in [-0.05, 0) is 18.2 Å². The summed E-state index contributed by atoms with van der Waals surface area (Å²) in [4.78, 5) is 7.92. The maximum absolute atomic E-state index is 13.0. The van der Waals surface area contributed by atoms with Crippen molar-refractivity contribution >= 4 is 5.82 Å². The Balaban J connectivity index is 2.46. The van der Waals surface area contributed by atoms with Gasteiger partial charge in [0.2, 0.25) is 0 Å². The van der Waals surface area contributed by atoms with Gasteiger partial charge in [0.15, 0.2) is 11.6 Å². The number of benzene rings is 1. The first kappa shape index (κ1) is 10.5. The SMILES string of the molecule is CNc1cc(-c2ccc(F)c(F)c2)ncn1. The molecule has 1 heterocycles. The first-order valence-corrected chi connectivity index (χ1v) is 4.66. The van der Waals surface area contributed by atoms with E-state index in [0.29, 0.717) is 17.1 Å². The second-order valence-electron chi connectivity index (χ2n) is 3.17. The lowest BCUT2D eigenvalue weighted by atomic mass is 10.1. The molecule has 0 saturated heterocycles. The minimum atomic E-state index is -0.887. The first-order chi connectivity index (χ1) is 7.70. The fourth-order valence-corrected chi connectivity index (χ4v) is 1.31. The summed E-state index contributed by atoms with van der Waals surface area (Å²) in [5, 5.41) is 2.84. The lowest BCUT2D eigenvalue weighted by molar-refractivity contribution is 0.509. The van der Waals surface area contributed by atoms with Crippen LogP contribution in [0, 0.1) is 11.6 Å². The van der Waals surface area contributed by atoms with E-state index in [2.05, 4.69) is 15.3 Å². The Morgan fingerprint density at radius 2 is 1.88 bits per heavy atom. The average molecular weight is 221 g/mol. The van der Waals surface area contributed by atoms with Crippen LogP contribution in [0.2, 0.25) is 0 Å². The van der Waals surface area contributed by atoms with E-state index in [-0.39, 0.29) is 0 Å². The van der Waals surface area contributed by atoms with Crippen LogP contribution in [0.1, 0.15) is 0 Å². The smallest absolute Gasteiger partial charge is 0.159 e. The number of nitrogens with one attached hydrogen (secondary N) is 1. The van der Waals surface area contributed by atoms with Gasteiger partial charge in [0.25, 0.3) is 0 Å². The van der Waals surface area contributed by atoms with Gasteiger partial charge in [-0.2, -0.15) is 0 Å². The highest BCUT2D eigenvalue weighted by Crippen LogP contribution is 2.20. The third kappa shape index (κ3) is 1.98. The van der Waals surface area contributed by atoms with E-state index in [4.69, 9.17) is 0 Å². The maximum Gasteiger partial charge on any atom is 0.159 e. The third-order valence-electron chi connectivity index (χ3n) is 2.14. The van der Waals surface area contributed by atoms with Crippen molar-refractivity contribution in [1.82, 2.24) is 9.97 Å². The number of aromatic nitrogens is 2. The van der Waals surface area contributed by atoms with Crippen molar-refractivity contribution in [2.24, 2.45) is 0 Å². The van der Waals surface area contributed by atoms with Crippen molar-refractivity contribution in [3.05, 3.63) is 42.2 Å². The molecule has 5 heteroatoms. The summed E-state index contributed by atoms with van der Waals surface area (Å²) < 4.78 is 25.8. The number of hydrogen-bond donors (Lipinski definition) is 1. The predicted molar refractivity (Wildman–Crippen MR) is 56.9 cm³/mol. The minimum Gasteiger partial charge on any atom is -0.373 e. The Kier molecular flexibility index (Phi) is 2.76. The molecule has 0 atom stereocenters. The van der Waals surface area contributed by atoms with Gasteiger partial charge in [-0.15, -0.1) is 0 Å². The van der Waals surface area contributed by atoms with Crippen LogP contribution in [-0.2, 0) is 0 Å². The van der Waals surface area contributed by atoms with Crippen LogP contribution in [-0.4, -0.2) is 17.0 Å². The van der Waals surface area contributed by atoms with Crippen LogP contribution in [0.4, 0.5) is 14.6 Å². The molecule has 0 radical (unpaired) electrons. The Morgan fingerprint density at radius 1 is 1.06 bits per heavy atom. The van der Waals surface area contributed by atoms with Crippen molar-refractivity contribution in [3.8, 4) is 11.3 Å². The van der Waals surface area contributed by atoms with Crippen LogP contribution >= 0.6 is 0 Å². The molecule has 0 bridgehead atoms. The molecule has 3 nitrogen and oxygen atoms in total. The van der Waals surface area contributed by atoms with E-state index >= 15 is 0 Å². The number of halogens is 2. The van der Waals surface area contributed by atoms with E-state index in [1.165, 1.54) is 12.4 Å². The molecule has 0 aliphatic carbocycles. The van der Waals surface area contributed by atoms with Crippen molar-refractivity contribution < 1.29 is 8.78 Å². The molecule has 0 spiro atoms. The molecule has 0 aliphatic heterocycles. The zero-order chi connectivity index (χ0) is 11.5. The van der Waals surface area contributed by atoms with Gasteiger partial charge in [-0.25, -0.2) is 18.7 Å². The summed E-state index contributed by atoms with van der Waals surface area (Å²) in [6, 6.07) is 5.32. The largest absolute Gasteiger partial charge is 0.373 e. The lowest BCUT2D eigenvalue weighted by Gasteiger charge is -2.03. The Labute approximate surface area is 91.2 Å². The monoisotopic (exact) mass is 221 g/mol. The van der Waals surface area contributed by atoms with E-state index in [1.54, 1.807) is 13.1 Å². The summed E-state index contributed by atoms with van der Waals surface area (Å²) in [7, 11) is 1.72. The van der Waals surface area contributed by atoms with E-state index in [9.17, 15) is 8.78 Å². The van der Waals surface area contributed by atoms with E-state index in [0.717, 1.165) is 12.1 Å². The van der Waals surface area contributed by atoms with Gasteiger partial charge in [0, 0.05) is 18.7 Å². The zero-order valence-electron chi connectivity index (χ0n) is 8.54. The standard InChI is InChI=1S/C11H9F2N3/c1-14-11-5-10(15-6-16-11)7-2-3-8(12)9(13)4-7/h2-6H,1H3,(H,14,15,16). The summed E-state index contributed by atoms with van der Waals surface area (Å²) in [6.45, 7) is 0. The van der Waals surface area contributed by atoms with Crippen LogP contribution in [0.25, 0.3) is 11.3 Å². The lowest BCUT2D eigenvalue weighted by Crippen LogP contribution is -1.94. The molecule has 1 N–H and O–H groups in total. The first-order valence-electron chi connectivity index (χ1n) is 4.66. The topological polar surface area (TPSA) is 37.8 Å². The second-order valence-corrected chi connectivity index (χ2v) is 3.17. The molecule has 0 fully saturated rings. The third-order valence-corrected chi connectivity index (χ3v) is 2.14. The zero-order valence-corrected chi connectivity index (χ0v) is 8.54. The van der Waals surface area contributed by atoms with Crippen LogP contribution < -0.4 is 5.32 Å². The molecule has 0 aliphatic rings. The molecule has 1 aromatic carbocycles. The van der Waals surface area contributed by atoms with Crippen LogP contribution in [0.15, 0.2) is 30.6 Å². The molecule has 1 aromatic heterocycles. The Hall–Kier alpha value is -2.04. The summed E-state index contributed by atoms with van der Waals surface area (Å²) in [5.74, 6) is -1.14. The fourth-order valence-electron chi connectivity index (χ4n) is 1.31. The van der Waals surface area contributed by atoms with Crippen molar-refractivity contribution in [1.29, 1.82) is 0 Å². The van der Waals surface area contributed by atoms with Gasteiger partial charge >= 0.3 is 0 Å². The maximum atomic E-state index is 13.0. The van der Waals surface area contributed by atoms with Gasteiger partial charge < -0.3 is 5.32 Å². The summed E-state index contributed by atoms with van der Waals surface area (Å²) in [5.41, 5.74) is 1.05. The molecule has 2 rings (SSSR count). The van der Waals surface area contributed by atoms with Gasteiger partial charge in [-0.3, -0.25) is 0 Å². The number of hydrogen-bond acceptors (Lipinski definition) is 3. The minimum absolute atomic E-state index is 0.512. The molecule has 2 aromatic rings. The summed E-state index contributed by atoms with van der Waals surface area (Å²) >= 11 is 0. The molecular formula is C11H9F2N3. The highest BCUT2D eigenvalue weighted by Gasteiger charge is 2.06. The number of rotatable bonds is 2. The fraction of sp³-hybridized carbons (Fsp3) is 0.0909. The Bertz CT molecular complexity index is 514. The van der Waals surface area contributed by atoms with Crippen molar-refractivity contribution in [2.45, 2.75) is 0 Å². The number of anilines is 1. The van der Waals surface area contributed by atoms with E-state index in [1.807, 2.05) is 0 Å². The molecular weight excluding hydrogens is 212 g/mol. The van der Waals surface area contributed by atoms with Crippen LogP contribution in [0.3, 0.4) is 0 Å². The van der Waals surface area contributed by atoms with Gasteiger partial charge in [-0.1, -0.05) is 0 Å². The molecule has 16 heavy (non-hydrogen) atoms. The molecule has 0 unspecified atom stereocenters. The summed E-state index contributed by atoms with van der Waals surface area (Å²) in [6.07, 6.45) is 1.36. The van der Waals surface area contributed by atoms with Crippen molar-refractivity contribution in [2.75, 3.05) is 12.4 Å². The highest BCUT2D eigenvalue weighted by atomic mass is 19.2. The van der Waals surface area contributed by atoms with Crippen LogP contribution in [0.5, 0.6) is 0 Å². The van der Waals surface area contributed by atoms with Gasteiger partial charge in [0.1, 0.15) is 12.1 Å². The molecule has 0 amide bonds. The van der Waals surface area contributed by atoms with E-state index < -0.39 is 11.6 Å². The molecule has 82 valence electrons. The average Bonchev–Trinajstić information content (AvgIpc) is 2.33. The normalized spacial score (nSPS) is 10.2. The Morgan fingerprint density at radius 3 is 2.56 bits per heavy atom. The van der Waals surface area contributed by atoms with Gasteiger partial charge in [0.05, 0.1) is 5.69 Å². The highest BCUT2D eigenvalue weighted by molar-refractivity contribution is 5.61. The van der Waals surface area contributed by atoms with Crippen molar-refractivity contribution in [3.63, 3.8) is 0 Å². The molecule has 0 saturated carbocycles. The second kappa shape index (κ2) is 4.22. The predicted octanol–water partition coefficient (Wildman–Crippen LogP) is 2.46. The quantitative estimate of drug-likeness (QED) is 0.846. The number of nitrogens with zero attached hydrogens (tertiary/aromatic N) is 2.